The van der Waals surface area contributed by atoms with Crippen LogP contribution in [-0.2, 0) is 26.3 Å². The largest absolute Gasteiger partial charge is 0.375 e. The van der Waals surface area contributed by atoms with Gasteiger partial charge in [-0.25, -0.2) is 4.98 Å². The fourth-order valence-corrected chi connectivity index (χ4v) is 4.02. The molecule has 0 atom stereocenters. The standard InChI is InChI=1S/C18H26N4O3/c1-3-4-5-15(23)21-10-7-18(8-11-21)17-14(19-13-20-17)6-9-22(18)16(24)12-25-2/h3-4,13H,5-12H2,1-2H3,(H,19,20)/b4-3+. The quantitative estimate of drug-likeness (QED) is 0.832. The molecule has 1 fully saturated rings. The minimum absolute atomic E-state index is 0.00940. The van der Waals surface area contributed by atoms with E-state index in [1.54, 1.807) is 6.33 Å². The number of likely N-dealkylation sites (tertiary alicyclic amines) is 1. The number of aromatic nitrogens is 2. The summed E-state index contributed by atoms with van der Waals surface area (Å²) < 4.78 is 5.07. The molecule has 2 amide bonds. The summed E-state index contributed by atoms with van der Waals surface area (Å²) in [4.78, 5) is 36.5. The van der Waals surface area contributed by atoms with Gasteiger partial charge in [0.1, 0.15) is 6.61 Å². The Morgan fingerprint density at radius 2 is 2.08 bits per heavy atom. The van der Waals surface area contributed by atoms with Gasteiger partial charge in [-0.05, 0) is 19.8 Å². The Morgan fingerprint density at radius 3 is 2.76 bits per heavy atom. The van der Waals surface area contributed by atoms with Crippen LogP contribution in [0.4, 0.5) is 0 Å². The zero-order chi connectivity index (χ0) is 17.9. The smallest absolute Gasteiger partial charge is 0.249 e. The topological polar surface area (TPSA) is 78.5 Å². The molecule has 0 aromatic carbocycles. The van der Waals surface area contributed by atoms with Crippen molar-refractivity contribution in [2.24, 2.45) is 0 Å². The lowest BCUT2D eigenvalue weighted by Crippen LogP contribution is -2.59. The molecule has 1 aromatic rings. The highest BCUT2D eigenvalue weighted by Gasteiger charge is 2.48. The maximum absolute atomic E-state index is 12.6. The van der Waals surface area contributed by atoms with E-state index < -0.39 is 5.54 Å². The molecule has 1 N–H and O–H groups in total. The van der Waals surface area contributed by atoms with E-state index in [9.17, 15) is 9.59 Å². The first kappa shape index (κ1) is 17.7. The van der Waals surface area contributed by atoms with Crippen LogP contribution in [-0.4, -0.2) is 64.9 Å². The molecule has 0 aliphatic carbocycles. The van der Waals surface area contributed by atoms with Gasteiger partial charge in [0, 0.05) is 45.3 Å². The van der Waals surface area contributed by atoms with Crippen LogP contribution in [0.2, 0.25) is 0 Å². The third-order valence-electron chi connectivity index (χ3n) is 5.30. The second-order valence-electron chi connectivity index (χ2n) is 6.64. The van der Waals surface area contributed by atoms with Gasteiger partial charge in [-0.3, -0.25) is 9.59 Å². The molecule has 136 valence electrons. The van der Waals surface area contributed by atoms with Crippen LogP contribution in [0.1, 0.15) is 37.6 Å². The number of aromatic amines is 1. The number of nitrogens with zero attached hydrogens (tertiary/aromatic N) is 3. The normalized spacial score (nSPS) is 19.4. The molecule has 0 bridgehead atoms. The van der Waals surface area contributed by atoms with Crippen molar-refractivity contribution in [2.75, 3.05) is 33.4 Å². The SMILES string of the molecule is C/C=C/CC(=O)N1CCC2(CC1)c1nc[nH]c1CCN2C(=O)COC. The van der Waals surface area contributed by atoms with E-state index in [4.69, 9.17) is 4.74 Å². The van der Waals surface area contributed by atoms with Gasteiger partial charge in [-0.2, -0.15) is 0 Å². The zero-order valence-electron chi connectivity index (χ0n) is 15.0. The molecule has 2 aliphatic heterocycles. The number of imidazole rings is 1. The monoisotopic (exact) mass is 346 g/mol. The summed E-state index contributed by atoms with van der Waals surface area (Å²) in [6.07, 6.45) is 8.11. The van der Waals surface area contributed by atoms with Crippen LogP contribution >= 0.6 is 0 Å². The van der Waals surface area contributed by atoms with Crippen molar-refractivity contribution in [3.8, 4) is 0 Å². The molecule has 2 aliphatic rings. The first-order valence-corrected chi connectivity index (χ1v) is 8.83. The highest BCUT2D eigenvalue weighted by atomic mass is 16.5. The number of allylic oxidation sites excluding steroid dienone is 1. The van der Waals surface area contributed by atoms with Gasteiger partial charge in [-0.1, -0.05) is 12.2 Å². The Bertz CT molecular complexity index is 659. The minimum Gasteiger partial charge on any atom is -0.375 e. The van der Waals surface area contributed by atoms with Gasteiger partial charge in [-0.15, -0.1) is 0 Å². The van der Waals surface area contributed by atoms with Crippen molar-refractivity contribution < 1.29 is 14.3 Å². The molecule has 0 radical (unpaired) electrons. The van der Waals surface area contributed by atoms with Crippen LogP contribution < -0.4 is 0 Å². The van der Waals surface area contributed by atoms with Crippen LogP contribution in [0.25, 0.3) is 0 Å². The molecule has 1 spiro atoms. The molecule has 7 heteroatoms. The lowest BCUT2D eigenvalue weighted by molar-refractivity contribution is -0.147. The molecular weight excluding hydrogens is 320 g/mol. The van der Waals surface area contributed by atoms with E-state index >= 15 is 0 Å². The number of carbonyl (C=O) groups is 2. The van der Waals surface area contributed by atoms with Crippen molar-refractivity contribution in [3.05, 3.63) is 29.9 Å². The molecule has 3 rings (SSSR count). The number of amides is 2. The predicted octanol–water partition coefficient (Wildman–Crippen LogP) is 1.22. The Balaban J connectivity index is 1.82. The average Bonchev–Trinajstić information content (AvgIpc) is 3.11. The molecule has 0 saturated carbocycles. The van der Waals surface area contributed by atoms with E-state index in [0.29, 0.717) is 38.9 Å². The van der Waals surface area contributed by atoms with Gasteiger partial charge in [0.25, 0.3) is 0 Å². The van der Waals surface area contributed by atoms with E-state index in [1.165, 1.54) is 7.11 Å². The number of ether oxygens (including phenoxy) is 1. The van der Waals surface area contributed by atoms with E-state index in [1.807, 2.05) is 28.9 Å². The maximum atomic E-state index is 12.6. The third kappa shape index (κ3) is 3.20. The fourth-order valence-electron chi connectivity index (χ4n) is 4.02. The van der Waals surface area contributed by atoms with Crippen molar-refractivity contribution in [3.63, 3.8) is 0 Å². The van der Waals surface area contributed by atoms with Crippen molar-refractivity contribution in [1.82, 2.24) is 19.8 Å². The first-order valence-electron chi connectivity index (χ1n) is 8.83. The van der Waals surface area contributed by atoms with E-state index in [0.717, 1.165) is 17.8 Å². The van der Waals surface area contributed by atoms with Gasteiger partial charge in [0.2, 0.25) is 11.8 Å². The summed E-state index contributed by atoms with van der Waals surface area (Å²) in [6, 6.07) is 0. The molecule has 7 nitrogen and oxygen atoms in total. The Labute approximate surface area is 148 Å². The molecule has 1 saturated heterocycles. The van der Waals surface area contributed by atoms with Gasteiger partial charge in [0.05, 0.1) is 17.6 Å². The number of piperidine rings is 1. The number of rotatable bonds is 4. The zero-order valence-corrected chi connectivity index (χ0v) is 15.0. The summed E-state index contributed by atoms with van der Waals surface area (Å²) in [5.41, 5.74) is 1.64. The second-order valence-corrected chi connectivity index (χ2v) is 6.64. The number of carbonyl (C=O) groups excluding carboxylic acids is 2. The fraction of sp³-hybridized carbons (Fsp3) is 0.611. The lowest BCUT2D eigenvalue weighted by Gasteiger charge is -2.50. The van der Waals surface area contributed by atoms with E-state index in [2.05, 4.69) is 9.97 Å². The summed E-state index contributed by atoms with van der Waals surface area (Å²) in [5.74, 6) is 0.130. The summed E-state index contributed by atoms with van der Waals surface area (Å²) in [7, 11) is 1.54. The molecular formula is C18H26N4O3. The minimum atomic E-state index is -0.430. The first-order chi connectivity index (χ1) is 12.1. The van der Waals surface area contributed by atoms with Gasteiger partial charge < -0.3 is 19.5 Å². The Hall–Kier alpha value is -2.15. The maximum Gasteiger partial charge on any atom is 0.249 e. The highest BCUT2D eigenvalue weighted by molar-refractivity contribution is 5.80. The Kier molecular flexibility index (Phi) is 5.22. The van der Waals surface area contributed by atoms with Gasteiger partial charge >= 0.3 is 0 Å². The lowest BCUT2D eigenvalue weighted by atomic mass is 9.78. The number of H-pyrrole nitrogens is 1. The van der Waals surface area contributed by atoms with Crippen LogP contribution in [0.3, 0.4) is 0 Å². The van der Waals surface area contributed by atoms with E-state index in [-0.39, 0.29) is 18.4 Å². The summed E-state index contributed by atoms with van der Waals surface area (Å²) in [6.45, 7) is 3.92. The number of nitrogens with one attached hydrogen (secondary N) is 1. The molecule has 0 unspecified atom stereocenters. The van der Waals surface area contributed by atoms with Crippen LogP contribution in [0, 0.1) is 0 Å². The number of methoxy groups -OCH3 is 1. The molecule has 3 heterocycles. The van der Waals surface area contributed by atoms with Crippen molar-refractivity contribution in [2.45, 2.75) is 38.1 Å². The number of hydrogen-bond acceptors (Lipinski definition) is 4. The van der Waals surface area contributed by atoms with Crippen LogP contribution in [0.15, 0.2) is 18.5 Å². The second kappa shape index (κ2) is 7.39. The molecule has 25 heavy (non-hydrogen) atoms. The van der Waals surface area contributed by atoms with Crippen molar-refractivity contribution >= 4 is 11.8 Å². The summed E-state index contributed by atoms with van der Waals surface area (Å²) in [5, 5.41) is 0. The molecule has 1 aromatic heterocycles. The van der Waals surface area contributed by atoms with Crippen LogP contribution in [0.5, 0.6) is 0 Å². The number of hydrogen-bond donors (Lipinski definition) is 1. The average molecular weight is 346 g/mol. The highest BCUT2D eigenvalue weighted by Crippen LogP contribution is 2.42. The summed E-state index contributed by atoms with van der Waals surface area (Å²) >= 11 is 0. The predicted molar refractivity (Wildman–Crippen MR) is 92.8 cm³/mol. The van der Waals surface area contributed by atoms with Crippen molar-refractivity contribution in [1.29, 1.82) is 0 Å². The van der Waals surface area contributed by atoms with Gasteiger partial charge in [0.15, 0.2) is 0 Å². The number of fused-ring (bicyclic) bond motifs is 2. The Morgan fingerprint density at radius 1 is 1.32 bits per heavy atom. The third-order valence-corrected chi connectivity index (χ3v) is 5.30.